The minimum Gasteiger partial charge on any atom is -0.462 e. The highest BCUT2D eigenvalue weighted by molar-refractivity contribution is 5.97. The molecule has 31 heavy (non-hydrogen) atoms. The number of esters is 2. The first kappa shape index (κ1) is 23.7. The van der Waals surface area contributed by atoms with Gasteiger partial charge in [-0.3, -0.25) is 14.4 Å². The van der Waals surface area contributed by atoms with Crippen LogP contribution in [0.4, 0.5) is 0 Å². The SMILES string of the molecule is C=C1C(O)CCC2(C)C(OC(C)=O)C(O)C3=C(C)C(=O)CC(C(OC(C)=O)C12)C3(C)C. The van der Waals surface area contributed by atoms with Crippen molar-refractivity contribution in [1.29, 1.82) is 0 Å². The van der Waals surface area contributed by atoms with Crippen LogP contribution >= 0.6 is 0 Å². The molecule has 0 aromatic carbocycles. The van der Waals surface area contributed by atoms with E-state index in [1.54, 1.807) is 6.92 Å². The molecule has 7 atom stereocenters. The molecular weight excluding hydrogens is 400 g/mol. The Morgan fingerprint density at radius 2 is 1.68 bits per heavy atom. The molecule has 0 aromatic rings. The monoisotopic (exact) mass is 434 g/mol. The molecule has 0 aromatic heterocycles. The van der Waals surface area contributed by atoms with Gasteiger partial charge in [0.1, 0.15) is 18.3 Å². The number of rotatable bonds is 2. The molecule has 3 aliphatic carbocycles. The predicted molar refractivity (Wildman–Crippen MR) is 113 cm³/mol. The van der Waals surface area contributed by atoms with Gasteiger partial charge in [0, 0.05) is 37.5 Å². The van der Waals surface area contributed by atoms with Gasteiger partial charge in [0.25, 0.3) is 0 Å². The van der Waals surface area contributed by atoms with Gasteiger partial charge in [-0.2, -0.15) is 0 Å². The minimum atomic E-state index is -1.21. The number of hydrogen-bond donors (Lipinski definition) is 2. The van der Waals surface area contributed by atoms with E-state index in [9.17, 15) is 24.6 Å². The average Bonchev–Trinajstić information content (AvgIpc) is 2.64. The van der Waals surface area contributed by atoms with Gasteiger partial charge >= 0.3 is 11.9 Å². The molecule has 0 aliphatic heterocycles. The molecule has 2 N–H and O–H groups in total. The van der Waals surface area contributed by atoms with Gasteiger partial charge in [0.05, 0.1) is 6.10 Å². The second kappa shape index (κ2) is 7.85. The van der Waals surface area contributed by atoms with E-state index in [4.69, 9.17) is 9.47 Å². The molecule has 0 spiro atoms. The first-order valence-electron chi connectivity index (χ1n) is 10.9. The molecule has 2 bridgehead atoms. The number of allylic oxidation sites excluding steroid dienone is 1. The average molecular weight is 435 g/mol. The first-order chi connectivity index (χ1) is 14.2. The number of aliphatic hydroxyl groups excluding tert-OH is 2. The van der Waals surface area contributed by atoms with Gasteiger partial charge in [-0.15, -0.1) is 0 Å². The fraction of sp³-hybridized carbons (Fsp3) is 0.708. The largest absolute Gasteiger partial charge is 0.462 e. The molecule has 3 aliphatic rings. The number of Topliss-reactive ketones (excluding diaryl/α,β-unsaturated/α-hetero) is 1. The highest BCUT2D eigenvalue weighted by Gasteiger charge is 2.62. The Morgan fingerprint density at radius 1 is 1.10 bits per heavy atom. The molecule has 172 valence electrons. The molecule has 0 saturated heterocycles. The van der Waals surface area contributed by atoms with Gasteiger partial charge in [0.2, 0.25) is 0 Å². The van der Waals surface area contributed by atoms with Crippen molar-refractivity contribution in [3.05, 3.63) is 23.3 Å². The molecule has 7 unspecified atom stereocenters. The summed E-state index contributed by atoms with van der Waals surface area (Å²) in [6, 6.07) is 0. The molecule has 2 saturated carbocycles. The maximum Gasteiger partial charge on any atom is 0.303 e. The number of ketones is 1. The Bertz CT molecular complexity index is 854. The second-order valence-corrected chi connectivity index (χ2v) is 10.2. The highest BCUT2D eigenvalue weighted by Crippen LogP contribution is 2.59. The predicted octanol–water partition coefficient (Wildman–Crippen LogP) is 2.49. The van der Waals surface area contributed by atoms with Crippen LogP contribution in [0.2, 0.25) is 0 Å². The zero-order valence-corrected chi connectivity index (χ0v) is 19.2. The first-order valence-corrected chi connectivity index (χ1v) is 10.9. The van der Waals surface area contributed by atoms with E-state index < -0.39 is 59.0 Å². The normalized spacial score (nSPS) is 39.9. The summed E-state index contributed by atoms with van der Waals surface area (Å²) in [5.41, 5.74) is -0.123. The third kappa shape index (κ3) is 3.65. The summed E-state index contributed by atoms with van der Waals surface area (Å²) in [5, 5.41) is 22.2. The Kier molecular flexibility index (Phi) is 6.00. The van der Waals surface area contributed by atoms with Crippen LogP contribution in [0.1, 0.15) is 60.8 Å². The van der Waals surface area contributed by atoms with E-state index >= 15 is 0 Å². The molecule has 0 amide bonds. The van der Waals surface area contributed by atoms with Gasteiger partial charge in [-0.05, 0) is 41.9 Å². The maximum atomic E-state index is 13.0. The Labute approximate surface area is 183 Å². The highest BCUT2D eigenvalue weighted by atomic mass is 16.6. The van der Waals surface area contributed by atoms with Crippen molar-refractivity contribution in [2.24, 2.45) is 22.7 Å². The fourth-order valence-electron chi connectivity index (χ4n) is 6.36. The molecule has 0 radical (unpaired) electrons. The number of aliphatic hydroxyl groups is 2. The van der Waals surface area contributed by atoms with E-state index in [0.29, 0.717) is 29.6 Å². The van der Waals surface area contributed by atoms with Gasteiger partial charge in [-0.25, -0.2) is 0 Å². The Morgan fingerprint density at radius 3 is 2.23 bits per heavy atom. The zero-order valence-electron chi connectivity index (χ0n) is 19.2. The summed E-state index contributed by atoms with van der Waals surface area (Å²) < 4.78 is 11.6. The fourth-order valence-corrected chi connectivity index (χ4v) is 6.36. The van der Waals surface area contributed by atoms with Crippen LogP contribution < -0.4 is 0 Å². The summed E-state index contributed by atoms with van der Waals surface area (Å²) in [6.07, 6.45) is -2.82. The number of carbonyl (C=O) groups excluding carboxylic acids is 3. The van der Waals surface area contributed by atoms with E-state index in [1.165, 1.54) is 13.8 Å². The smallest absolute Gasteiger partial charge is 0.303 e. The second-order valence-electron chi connectivity index (χ2n) is 10.2. The lowest BCUT2D eigenvalue weighted by molar-refractivity contribution is -0.194. The number of ether oxygens (including phenoxy) is 2. The molecule has 3 rings (SSSR count). The number of fused-ring (bicyclic) bond motifs is 3. The van der Waals surface area contributed by atoms with Gasteiger partial charge < -0.3 is 19.7 Å². The van der Waals surface area contributed by atoms with Gasteiger partial charge in [0.15, 0.2) is 5.78 Å². The lowest BCUT2D eigenvalue weighted by Gasteiger charge is -2.58. The van der Waals surface area contributed by atoms with Crippen molar-refractivity contribution < 1.29 is 34.1 Å². The Balaban J connectivity index is 2.34. The lowest BCUT2D eigenvalue weighted by Crippen LogP contribution is -2.63. The standard InChI is InChI=1S/C24H34O7/c1-11-16(27)8-9-24(7)19(11)21(30-13(3)25)15-10-17(28)12(2)18(23(15,5)6)20(29)22(24)31-14(4)26/h15-16,19-22,27,29H,1,8-10H2,2-7H3. The summed E-state index contributed by atoms with van der Waals surface area (Å²) in [6.45, 7) is 14.1. The molecule has 0 heterocycles. The van der Waals surface area contributed by atoms with Crippen molar-refractivity contribution in [3.8, 4) is 0 Å². The molecular formula is C24H34O7. The van der Waals surface area contributed by atoms with Crippen LogP contribution in [-0.2, 0) is 23.9 Å². The van der Waals surface area contributed by atoms with Crippen LogP contribution in [0.25, 0.3) is 0 Å². The quantitative estimate of drug-likeness (QED) is 0.507. The minimum absolute atomic E-state index is 0.136. The topological polar surface area (TPSA) is 110 Å². The van der Waals surface area contributed by atoms with Crippen molar-refractivity contribution in [2.45, 2.75) is 85.2 Å². The van der Waals surface area contributed by atoms with E-state index in [0.717, 1.165) is 0 Å². The summed E-state index contributed by atoms with van der Waals surface area (Å²) in [5.74, 6) is -2.22. The van der Waals surface area contributed by atoms with E-state index in [1.807, 2.05) is 20.8 Å². The van der Waals surface area contributed by atoms with Crippen LogP contribution in [0.15, 0.2) is 23.3 Å². The van der Waals surface area contributed by atoms with Crippen molar-refractivity contribution >= 4 is 17.7 Å². The number of carbonyl (C=O) groups is 3. The van der Waals surface area contributed by atoms with Crippen LogP contribution in [-0.4, -0.2) is 52.4 Å². The zero-order chi connectivity index (χ0) is 23.5. The maximum absolute atomic E-state index is 13.0. The van der Waals surface area contributed by atoms with Crippen molar-refractivity contribution in [3.63, 3.8) is 0 Å². The van der Waals surface area contributed by atoms with Crippen LogP contribution in [0.3, 0.4) is 0 Å². The Hall–Kier alpha value is -1.99. The van der Waals surface area contributed by atoms with E-state index in [-0.39, 0.29) is 12.2 Å². The van der Waals surface area contributed by atoms with Gasteiger partial charge in [-0.1, -0.05) is 27.4 Å². The number of hydrogen-bond acceptors (Lipinski definition) is 7. The third-order valence-corrected chi connectivity index (χ3v) is 7.90. The van der Waals surface area contributed by atoms with Crippen molar-refractivity contribution in [1.82, 2.24) is 0 Å². The summed E-state index contributed by atoms with van der Waals surface area (Å²) in [7, 11) is 0. The molecule has 2 fully saturated rings. The summed E-state index contributed by atoms with van der Waals surface area (Å²) in [4.78, 5) is 37.2. The van der Waals surface area contributed by atoms with Crippen LogP contribution in [0, 0.1) is 22.7 Å². The van der Waals surface area contributed by atoms with E-state index in [2.05, 4.69) is 6.58 Å². The molecule has 7 heteroatoms. The molecule has 7 nitrogen and oxygen atoms in total. The third-order valence-electron chi connectivity index (χ3n) is 7.90. The van der Waals surface area contributed by atoms with Crippen LogP contribution in [0.5, 0.6) is 0 Å². The summed E-state index contributed by atoms with van der Waals surface area (Å²) >= 11 is 0. The van der Waals surface area contributed by atoms with Crippen molar-refractivity contribution in [2.75, 3.05) is 0 Å². The lowest BCUT2D eigenvalue weighted by atomic mass is 9.49.